The van der Waals surface area contributed by atoms with E-state index >= 15 is 0 Å². The first-order chi connectivity index (χ1) is 9.21. The van der Waals surface area contributed by atoms with Crippen LogP contribution in [0.5, 0.6) is 11.5 Å². The van der Waals surface area contributed by atoms with E-state index in [4.69, 9.17) is 15.2 Å². The number of ether oxygens (including phenoxy) is 2. The zero-order chi connectivity index (χ0) is 13.3. The zero-order valence-electron chi connectivity index (χ0n) is 11.5. The van der Waals surface area contributed by atoms with E-state index in [9.17, 15) is 0 Å². The summed E-state index contributed by atoms with van der Waals surface area (Å²) in [6.07, 6.45) is 2.64. The zero-order valence-corrected chi connectivity index (χ0v) is 11.5. The Morgan fingerprint density at radius 2 is 1.95 bits per heavy atom. The van der Waals surface area contributed by atoms with E-state index in [0.29, 0.717) is 6.61 Å². The molecule has 2 N–H and O–H groups in total. The second-order valence-electron chi connectivity index (χ2n) is 5.72. The van der Waals surface area contributed by atoms with Gasteiger partial charge in [0, 0.05) is 25.2 Å². The number of nitrogens with two attached hydrogens (primary N) is 1. The Balaban J connectivity index is 1.42. The molecular formula is C15H22N2O2. The molecule has 0 bridgehead atoms. The van der Waals surface area contributed by atoms with Crippen LogP contribution in [-0.2, 0) is 0 Å². The average molecular weight is 262 g/mol. The van der Waals surface area contributed by atoms with E-state index in [1.54, 1.807) is 7.11 Å². The summed E-state index contributed by atoms with van der Waals surface area (Å²) in [5, 5.41) is 0. The molecule has 1 saturated carbocycles. The smallest absolute Gasteiger partial charge is 0.161 e. The van der Waals surface area contributed by atoms with Gasteiger partial charge in [-0.1, -0.05) is 12.1 Å². The molecule has 2 aliphatic rings. The second-order valence-corrected chi connectivity index (χ2v) is 5.72. The Labute approximate surface area is 114 Å². The molecule has 1 heterocycles. The summed E-state index contributed by atoms with van der Waals surface area (Å²) in [5.41, 5.74) is 6.43. The number of benzene rings is 1. The summed E-state index contributed by atoms with van der Waals surface area (Å²) < 4.78 is 11.0. The van der Waals surface area contributed by atoms with Gasteiger partial charge < -0.3 is 15.2 Å². The lowest BCUT2D eigenvalue weighted by atomic mass is 9.86. The Morgan fingerprint density at radius 1 is 1.26 bits per heavy atom. The molecule has 19 heavy (non-hydrogen) atoms. The third kappa shape index (κ3) is 2.69. The minimum Gasteiger partial charge on any atom is -0.493 e. The molecule has 1 saturated heterocycles. The van der Waals surface area contributed by atoms with Gasteiger partial charge in [-0.2, -0.15) is 0 Å². The van der Waals surface area contributed by atoms with Gasteiger partial charge in [0.2, 0.25) is 0 Å². The molecular weight excluding hydrogens is 240 g/mol. The summed E-state index contributed by atoms with van der Waals surface area (Å²) in [4.78, 5) is 2.37. The molecule has 1 aromatic carbocycles. The summed E-state index contributed by atoms with van der Waals surface area (Å²) in [6.45, 7) is 3.66. The number of likely N-dealkylation sites (tertiary alicyclic amines) is 1. The average Bonchev–Trinajstić information content (AvgIpc) is 3.21. The van der Waals surface area contributed by atoms with Crippen LogP contribution in [0.3, 0.4) is 0 Å². The molecule has 0 spiro atoms. The first-order valence-corrected chi connectivity index (χ1v) is 6.98. The maximum atomic E-state index is 6.32. The van der Waals surface area contributed by atoms with Crippen molar-refractivity contribution in [2.75, 3.05) is 33.4 Å². The maximum Gasteiger partial charge on any atom is 0.161 e. The summed E-state index contributed by atoms with van der Waals surface area (Å²) in [5.74, 6) is 2.38. The maximum absolute atomic E-state index is 6.32. The van der Waals surface area contributed by atoms with Crippen molar-refractivity contribution in [1.82, 2.24) is 4.90 Å². The molecule has 1 aliphatic heterocycles. The minimum atomic E-state index is 0.102. The van der Waals surface area contributed by atoms with Gasteiger partial charge in [-0.15, -0.1) is 0 Å². The summed E-state index contributed by atoms with van der Waals surface area (Å²) in [7, 11) is 1.66. The highest BCUT2D eigenvalue weighted by Gasteiger charge is 2.49. The molecule has 0 unspecified atom stereocenters. The van der Waals surface area contributed by atoms with Gasteiger partial charge in [0.1, 0.15) is 6.61 Å². The van der Waals surface area contributed by atoms with Crippen molar-refractivity contribution in [1.29, 1.82) is 0 Å². The van der Waals surface area contributed by atoms with Crippen molar-refractivity contribution in [3.05, 3.63) is 24.3 Å². The molecule has 1 aliphatic carbocycles. The number of hydrogen-bond acceptors (Lipinski definition) is 4. The van der Waals surface area contributed by atoms with Gasteiger partial charge in [0.15, 0.2) is 11.5 Å². The largest absolute Gasteiger partial charge is 0.493 e. The fourth-order valence-electron chi connectivity index (χ4n) is 2.88. The molecule has 0 atom stereocenters. The molecule has 0 aromatic heterocycles. The van der Waals surface area contributed by atoms with Crippen LogP contribution in [0.15, 0.2) is 24.3 Å². The predicted molar refractivity (Wildman–Crippen MR) is 74.6 cm³/mol. The number of rotatable bonds is 6. The van der Waals surface area contributed by atoms with Crippen LogP contribution in [0.25, 0.3) is 0 Å². The van der Waals surface area contributed by atoms with E-state index < -0.39 is 0 Å². The van der Waals surface area contributed by atoms with Crippen molar-refractivity contribution >= 4 is 0 Å². The molecule has 104 valence electrons. The molecule has 2 fully saturated rings. The van der Waals surface area contributed by atoms with E-state index in [2.05, 4.69) is 4.90 Å². The lowest BCUT2D eigenvalue weighted by molar-refractivity contribution is 0.0430. The third-order valence-electron chi connectivity index (χ3n) is 4.16. The minimum absolute atomic E-state index is 0.102. The topological polar surface area (TPSA) is 47.7 Å². The van der Waals surface area contributed by atoms with Crippen molar-refractivity contribution in [3.8, 4) is 11.5 Å². The number of para-hydroxylation sites is 2. The molecule has 4 heteroatoms. The van der Waals surface area contributed by atoms with Gasteiger partial charge >= 0.3 is 0 Å². The van der Waals surface area contributed by atoms with Gasteiger partial charge in [0.05, 0.1) is 7.11 Å². The third-order valence-corrected chi connectivity index (χ3v) is 4.16. The highest BCUT2D eigenvalue weighted by atomic mass is 16.5. The Morgan fingerprint density at radius 3 is 2.58 bits per heavy atom. The normalized spacial score (nSPS) is 21.8. The summed E-state index contributed by atoms with van der Waals surface area (Å²) >= 11 is 0. The SMILES string of the molecule is COc1ccccc1OCCN1CC(N)(C2CC2)C1. The quantitative estimate of drug-likeness (QED) is 0.844. The lowest BCUT2D eigenvalue weighted by Crippen LogP contribution is -2.69. The van der Waals surface area contributed by atoms with E-state index in [1.807, 2.05) is 24.3 Å². The summed E-state index contributed by atoms with van der Waals surface area (Å²) in [6, 6.07) is 7.75. The number of hydrogen-bond donors (Lipinski definition) is 1. The van der Waals surface area contributed by atoms with Crippen LogP contribution in [0.1, 0.15) is 12.8 Å². The van der Waals surface area contributed by atoms with Crippen LogP contribution >= 0.6 is 0 Å². The fourth-order valence-corrected chi connectivity index (χ4v) is 2.88. The van der Waals surface area contributed by atoms with E-state index in [-0.39, 0.29) is 5.54 Å². The van der Waals surface area contributed by atoms with E-state index in [0.717, 1.165) is 37.1 Å². The highest BCUT2D eigenvalue weighted by molar-refractivity contribution is 5.39. The monoisotopic (exact) mass is 262 g/mol. The highest BCUT2D eigenvalue weighted by Crippen LogP contribution is 2.42. The Kier molecular flexibility index (Phi) is 3.37. The second kappa shape index (κ2) is 5.02. The molecule has 3 rings (SSSR count). The molecule has 1 aromatic rings. The van der Waals surface area contributed by atoms with Gasteiger partial charge in [0.25, 0.3) is 0 Å². The van der Waals surface area contributed by atoms with Crippen LogP contribution in [0.2, 0.25) is 0 Å². The standard InChI is InChI=1S/C15H22N2O2/c1-18-13-4-2-3-5-14(13)19-9-8-17-10-15(16,11-17)12-6-7-12/h2-5,12H,6-11,16H2,1H3. The van der Waals surface area contributed by atoms with Crippen molar-refractivity contribution in [2.45, 2.75) is 18.4 Å². The van der Waals surface area contributed by atoms with Gasteiger partial charge in [-0.25, -0.2) is 0 Å². The fraction of sp³-hybridized carbons (Fsp3) is 0.600. The van der Waals surface area contributed by atoms with Gasteiger partial charge in [-0.05, 0) is 30.9 Å². The van der Waals surface area contributed by atoms with Crippen LogP contribution in [-0.4, -0.2) is 43.8 Å². The van der Waals surface area contributed by atoms with Crippen molar-refractivity contribution in [3.63, 3.8) is 0 Å². The van der Waals surface area contributed by atoms with Gasteiger partial charge in [-0.3, -0.25) is 4.90 Å². The predicted octanol–water partition coefficient (Wildman–Crippen LogP) is 1.50. The van der Waals surface area contributed by atoms with E-state index in [1.165, 1.54) is 12.8 Å². The first kappa shape index (κ1) is 12.8. The van der Waals surface area contributed by atoms with Crippen molar-refractivity contribution < 1.29 is 9.47 Å². The Hall–Kier alpha value is -1.26. The van der Waals surface area contributed by atoms with Crippen LogP contribution in [0, 0.1) is 5.92 Å². The number of methoxy groups -OCH3 is 1. The molecule has 0 amide bonds. The Bertz CT molecular complexity index is 440. The van der Waals surface area contributed by atoms with Crippen LogP contribution < -0.4 is 15.2 Å². The number of nitrogens with zero attached hydrogens (tertiary/aromatic N) is 1. The molecule has 4 nitrogen and oxygen atoms in total. The van der Waals surface area contributed by atoms with Crippen LogP contribution in [0.4, 0.5) is 0 Å². The van der Waals surface area contributed by atoms with Crippen molar-refractivity contribution in [2.24, 2.45) is 11.7 Å². The lowest BCUT2D eigenvalue weighted by Gasteiger charge is -2.48. The first-order valence-electron chi connectivity index (χ1n) is 6.98. The molecule has 0 radical (unpaired) electrons.